The van der Waals surface area contributed by atoms with Gasteiger partial charge in [0, 0.05) is 6.42 Å². The van der Waals surface area contributed by atoms with E-state index < -0.39 is 67.8 Å². The first-order chi connectivity index (χ1) is 18.4. The number of nitrogen functional groups attached to an aromatic ring is 1. The molecule has 6 N–H and O–H groups in total. The van der Waals surface area contributed by atoms with Gasteiger partial charge in [-0.05, 0) is 29.3 Å². The molecule has 0 spiro atoms. The number of aliphatic hydroxyl groups is 1. The third kappa shape index (κ3) is 5.53. The monoisotopic (exact) mass is 569 g/mol. The number of aliphatic carboxylic acids is 3. The molecule has 1 aliphatic rings. The van der Waals surface area contributed by atoms with Crippen molar-refractivity contribution in [2.24, 2.45) is 0 Å². The Morgan fingerprint density at radius 3 is 2.44 bits per heavy atom. The summed E-state index contributed by atoms with van der Waals surface area (Å²) >= 11 is 5.83. The number of halogens is 2. The zero-order valence-corrected chi connectivity index (χ0v) is 20.4. The van der Waals surface area contributed by atoms with Crippen LogP contribution in [0.15, 0.2) is 30.6 Å². The summed E-state index contributed by atoms with van der Waals surface area (Å²) in [6.07, 6.45) is -6.44. The Hall–Kier alpha value is -4.12. The Labute approximate surface area is 222 Å². The molecule has 1 aromatic carbocycles. The summed E-state index contributed by atoms with van der Waals surface area (Å²) in [4.78, 5) is 46.5. The second kappa shape index (κ2) is 10.9. The lowest BCUT2D eigenvalue weighted by atomic mass is 9.94. The fraction of sp³-hybridized carbons (Fsp3) is 0.364. The minimum Gasteiger partial charge on any atom is -0.482 e. The summed E-state index contributed by atoms with van der Waals surface area (Å²) in [5.41, 5.74) is 3.21. The summed E-state index contributed by atoms with van der Waals surface area (Å²) in [6, 6.07) is 5.32. The van der Waals surface area contributed by atoms with E-state index in [2.05, 4.69) is 15.0 Å². The average Bonchev–Trinajstić information content (AvgIpc) is 3.41. The van der Waals surface area contributed by atoms with Crippen LogP contribution in [0.4, 0.5) is 10.2 Å². The summed E-state index contributed by atoms with van der Waals surface area (Å²) in [5.74, 6) is -4.85. The van der Waals surface area contributed by atoms with E-state index in [9.17, 15) is 29.7 Å². The van der Waals surface area contributed by atoms with Gasteiger partial charge in [-0.3, -0.25) is 4.57 Å². The predicted octanol–water partition coefficient (Wildman–Crippen LogP) is 0.289. The van der Waals surface area contributed by atoms with Crippen molar-refractivity contribution in [3.8, 4) is 5.75 Å². The molecule has 39 heavy (non-hydrogen) atoms. The Kier molecular flexibility index (Phi) is 7.82. The number of benzene rings is 1. The zero-order chi connectivity index (χ0) is 28.5. The lowest BCUT2D eigenvalue weighted by molar-refractivity contribution is -0.190. The van der Waals surface area contributed by atoms with Crippen LogP contribution in [0.5, 0.6) is 5.75 Å². The summed E-state index contributed by atoms with van der Waals surface area (Å²) in [7, 11) is 0. The van der Waals surface area contributed by atoms with E-state index in [0.717, 1.165) is 10.9 Å². The van der Waals surface area contributed by atoms with Crippen LogP contribution in [0.1, 0.15) is 11.8 Å². The van der Waals surface area contributed by atoms with E-state index in [4.69, 9.17) is 36.7 Å². The van der Waals surface area contributed by atoms with Crippen molar-refractivity contribution in [1.29, 1.82) is 0 Å². The first-order valence-corrected chi connectivity index (χ1v) is 11.5. The Bertz CT molecular complexity index is 1390. The van der Waals surface area contributed by atoms with Gasteiger partial charge in [-0.2, -0.15) is 9.97 Å². The van der Waals surface area contributed by atoms with Crippen LogP contribution in [0.2, 0.25) is 5.28 Å². The normalized spacial score (nSPS) is 21.2. The van der Waals surface area contributed by atoms with Crippen LogP contribution >= 0.6 is 11.6 Å². The molecule has 0 unspecified atom stereocenters. The van der Waals surface area contributed by atoms with Crippen molar-refractivity contribution in [1.82, 2.24) is 19.5 Å². The van der Waals surface area contributed by atoms with Gasteiger partial charge in [-0.15, -0.1) is 0 Å². The molecule has 3 heterocycles. The number of rotatable bonds is 11. The zero-order valence-electron chi connectivity index (χ0n) is 19.7. The van der Waals surface area contributed by atoms with Gasteiger partial charge in [-0.1, -0.05) is 12.1 Å². The van der Waals surface area contributed by atoms with Crippen LogP contribution in [-0.2, 0) is 30.3 Å². The van der Waals surface area contributed by atoms with Crippen molar-refractivity contribution < 1.29 is 53.4 Å². The molecule has 3 aromatic rings. The number of fused-ring (bicyclic) bond motifs is 1. The number of alkyl halides is 1. The molecule has 2 aromatic heterocycles. The second-order valence-electron chi connectivity index (χ2n) is 8.45. The number of carboxylic acids is 3. The lowest BCUT2D eigenvalue weighted by Gasteiger charge is -2.27. The number of nitrogens with two attached hydrogens (primary N) is 1. The minimum absolute atomic E-state index is 0.00937. The maximum atomic E-state index is 15.1. The van der Waals surface area contributed by atoms with Gasteiger partial charge in [0.25, 0.3) is 5.60 Å². The number of carboxylic acid groups (broad SMARTS) is 3. The number of carbonyl (C=O) groups is 3. The minimum atomic E-state index is -2.84. The topological polar surface area (TPSA) is 229 Å². The smallest absolute Gasteiger partial charge is 0.348 e. The van der Waals surface area contributed by atoms with Crippen molar-refractivity contribution in [2.45, 2.75) is 36.6 Å². The molecule has 1 fully saturated rings. The van der Waals surface area contributed by atoms with E-state index in [1.165, 1.54) is 24.3 Å². The highest BCUT2D eigenvalue weighted by molar-refractivity contribution is 6.28. The van der Waals surface area contributed by atoms with Crippen LogP contribution < -0.4 is 10.5 Å². The number of imidazole rings is 1. The van der Waals surface area contributed by atoms with Gasteiger partial charge in [0.2, 0.25) is 5.28 Å². The van der Waals surface area contributed by atoms with Gasteiger partial charge in [-0.25, -0.2) is 23.8 Å². The molecule has 0 bridgehead atoms. The first kappa shape index (κ1) is 27.9. The SMILES string of the molecule is Nc1nc(Cl)nc2c1ncn2[C@@H]1O[C@H](COC(Cc2ccc(OCC(=O)O)cc2)(C(=O)O)C(=O)O)[C@@H](O)[C@@H]1F. The summed E-state index contributed by atoms with van der Waals surface area (Å²) in [6.45, 7) is -1.43. The summed E-state index contributed by atoms with van der Waals surface area (Å²) < 4.78 is 32.1. The van der Waals surface area contributed by atoms with Crippen molar-refractivity contribution >= 4 is 46.5 Å². The molecule has 1 saturated heterocycles. The molecule has 4 rings (SSSR count). The maximum absolute atomic E-state index is 15.1. The van der Waals surface area contributed by atoms with Crippen molar-refractivity contribution in [3.05, 3.63) is 41.4 Å². The predicted molar refractivity (Wildman–Crippen MR) is 127 cm³/mol. The number of aliphatic hydroxyl groups excluding tert-OH is 1. The van der Waals surface area contributed by atoms with Gasteiger partial charge in [0.15, 0.2) is 30.5 Å². The fourth-order valence-electron chi connectivity index (χ4n) is 3.94. The molecule has 0 radical (unpaired) electrons. The third-order valence-corrected chi connectivity index (χ3v) is 6.08. The molecule has 0 saturated carbocycles. The van der Waals surface area contributed by atoms with E-state index in [-0.39, 0.29) is 33.6 Å². The molecule has 1 aliphatic heterocycles. The van der Waals surface area contributed by atoms with Crippen LogP contribution in [0.25, 0.3) is 11.2 Å². The highest BCUT2D eigenvalue weighted by Gasteiger charge is 2.52. The molecule has 0 amide bonds. The maximum Gasteiger partial charge on any atom is 0.348 e. The van der Waals surface area contributed by atoms with Crippen molar-refractivity contribution in [3.63, 3.8) is 0 Å². The molecule has 208 valence electrons. The average molecular weight is 570 g/mol. The Balaban J connectivity index is 1.52. The van der Waals surface area contributed by atoms with E-state index in [0.29, 0.717) is 0 Å². The summed E-state index contributed by atoms with van der Waals surface area (Å²) in [5, 5.41) is 38.5. The number of ether oxygens (including phenoxy) is 3. The number of aromatic nitrogens is 4. The van der Waals surface area contributed by atoms with Gasteiger partial charge in [0.05, 0.1) is 12.9 Å². The van der Waals surface area contributed by atoms with Gasteiger partial charge < -0.3 is 40.4 Å². The molecule has 17 heteroatoms. The largest absolute Gasteiger partial charge is 0.482 e. The van der Waals surface area contributed by atoms with Crippen molar-refractivity contribution in [2.75, 3.05) is 18.9 Å². The highest BCUT2D eigenvalue weighted by atomic mass is 35.5. The van der Waals surface area contributed by atoms with Gasteiger partial charge in [0.1, 0.15) is 23.5 Å². The third-order valence-electron chi connectivity index (χ3n) is 5.91. The molecule has 4 atom stereocenters. The molecule has 0 aliphatic carbocycles. The van der Waals surface area contributed by atoms with Crippen LogP contribution in [-0.4, -0.2) is 95.0 Å². The molecular weight excluding hydrogens is 549 g/mol. The van der Waals surface area contributed by atoms with Gasteiger partial charge >= 0.3 is 17.9 Å². The van der Waals surface area contributed by atoms with E-state index in [1.54, 1.807) is 0 Å². The number of hydrogen-bond donors (Lipinski definition) is 5. The Morgan fingerprint density at radius 2 is 1.82 bits per heavy atom. The highest BCUT2D eigenvalue weighted by Crippen LogP contribution is 2.35. The number of nitrogens with zero attached hydrogens (tertiary/aromatic N) is 4. The Morgan fingerprint density at radius 1 is 1.15 bits per heavy atom. The van der Waals surface area contributed by atoms with Crippen LogP contribution in [0, 0.1) is 0 Å². The first-order valence-electron chi connectivity index (χ1n) is 11.1. The molecule has 15 nitrogen and oxygen atoms in total. The number of hydrogen-bond acceptors (Lipinski definition) is 11. The quantitative estimate of drug-likeness (QED) is 0.154. The number of anilines is 1. The standard InChI is InChI=1S/C22H21ClFN5O10/c23-21-27-16(25)14-17(28-21)29(8-26-14)18-13(24)15(32)11(39-18)6-38-22(19(33)34,20(35)36)5-9-1-3-10(4-2-9)37-7-12(30)31/h1-4,8,11,13,15,18,32H,5-7H2,(H,30,31)(H,33,34)(H,35,36)(H2,25,27,28)/t11-,13+,15-,18-/m1/s1. The second-order valence-corrected chi connectivity index (χ2v) is 8.79. The molecular formula is C22H21ClFN5O10. The van der Waals surface area contributed by atoms with E-state index >= 15 is 4.39 Å². The van der Waals surface area contributed by atoms with Crippen LogP contribution in [0.3, 0.4) is 0 Å². The fourth-order valence-corrected chi connectivity index (χ4v) is 4.11. The lowest BCUT2D eigenvalue weighted by Crippen LogP contribution is -2.52. The van der Waals surface area contributed by atoms with E-state index in [1.807, 2.05) is 0 Å².